The molecule has 0 bridgehead atoms. The van der Waals surface area contributed by atoms with Crippen LogP contribution in [0.3, 0.4) is 0 Å². The van der Waals surface area contributed by atoms with E-state index in [1.54, 1.807) is 43.1 Å². The van der Waals surface area contributed by atoms with Crippen LogP contribution in [0.4, 0.5) is 9.93 Å². The highest BCUT2D eigenvalue weighted by molar-refractivity contribution is 8.01. The smallest absolute Gasteiger partial charge is 0.340 e. The third-order valence-electron chi connectivity index (χ3n) is 5.68. The Morgan fingerprint density at radius 3 is 2.49 bits per heavy atom. The summed E-state index contributed by atoms with van der Waals surface area (Å²) in [5.41, 5.74) is 0.408. The summed E-state index contributed by atoms with van der Waals surface area (Å²) >= 11 is 3.00. The second-order valence-corrected chi connectivity index (χ2v) is 10.9. The van der Waals surface area contributed by atoms with Crippen LogP contribution in [0.25, 0.3) is 0 Å². The maximum absolute atomic E-state index is 12.8. The number of carbonyl (C=O) groups excluding carboxylic acids is 2. The van der Waals surface area contributed by atoms with Crippen LogP contribution in [0, 0.1) is 0 Å². The van der Waals surface area contributed by atoms with E-state index in [9.17, 15) is 9.59 Å². The Bertz CT molecular complexity index is 938. The number of esters is 1. The lowest BCUT2D eigenvalue weighted by Gasteiger charge is -2.19. The van der Waals surface area contributed by atoms with Crippen molar-refractivity contribution in [2.45, 2.75) is 75.8 Å². The van der Waals surface area contributed by atoms with Gasteiger partial charge in [0.15, 0.2) is 4.34 Å². The van der Waals surface area contributed by atoms with Gasteiger partial charge in [-0.2, -0.15) is 0 Å². The van der Waals surface area contributed by atoms with Gasteiger partial charge in [-0.05, 0) is 37.1 Å². The van der Waals surface area contributed by atoms with E-state index in [4.69, 9.17) is 9.47 Å². The lowest BCUT2D eigenvalue weighted by Crippen LogP contribution is -2.37. The van der Waals surface area contributed by atoms with Crippen LogP contribution in [-0.4, -0.2) is 59.3 Å². The van der Waals surface area contributed by atoms with Crippen molar-refractivity contribution in [3.63, 3.8) is 0 Å². The molecule has 1 aliphatic heterocycles. The molecule has 1 fully saturated rings. The Morgan fingerprint density at radius 1 is 1.06 bits per heavy atom. The molecule has 2 aromatic rings. The third-order valence-corrected chi connectivity index (χ3v) is 7.82. The van der Waals surface area contributed by atoms with Crippen LogP contribution in [-0.2, 0) is 4.74 Å². The van der Waals surface area contributed by atoms with Gasteiger partial charge in [-0.15, -0.1) is 10.2 Å². The predicted octanol–water partition coefficient (Wildman–Crippen LogP) is 6.22. The number of aromatic nitrogens is 2. The molecule has 0 radical (unpaired) electrons. The molecule has 1 unspecified atom stereocenters. The van der Waals surface area contributed by atoms with Crippen molar-refractivity contribution in [1.82, 2.24) is 15.1 Å². The molecule has 1 aromatic carbocycles. The second-order valence-electron chi connectivity index (χ2n) is 8.59. The number of urea groups is 1. The molecular weight excluding hydrogens is 484 g/mol. The van der Waals surface area contributed by atoms with Gasteiger partial charge >= 0.3 is 12.0 Å². The van der Waals surface area contributed by atoms with E-state index in [1.807, 2.05) is 0 Å². The Kier molecular flexibility index (Phi) is 11.1. The average molecular weight is 521 g/mol. The standard InChI is InChI=1S/C25H36N4O4S2/c1-4-6-8-10-16-32-20-14-12-19(13-15-20)22(30)33-21-18-28(3)25(31)29(21)23-26-27-24(35-23)34-17-11-9-7-5-2/h12-15,21H,4-11,16-18H2,1-3H3. The van der Waals surface area contributed by atoms with Crippen LogP contribution in [0.2, 0.25) is 0 Å². The molecule has 0 saturated carbocycles. The molecule has 2 amide bonds. The van der Waals surface area contributed by atoms with Gasteiger partial charge in [0.1, 0.15) is 5.75 Å². The minimum atomic E-state index is -0.759. The zero-order valence-corrected chi connectivity index (χ0v) is 22.5. The van der Waals surface area contributed by atoms with Gasteiger partial charge in [0.25, 0.3) is 0 Å². The van der Waals surface area contributed by atoms with Gasteiger partial charge in [0, 0.05) is 12.8 Å². The van der Waals surface area contributed by atoms with E-state index in [1.165, 1.54) is 53.2 Å². The minimum absolute atomic E-state index is 0.259. The van der Waals surface area contributed by atoms with Crippen molar-refractivity contribution < 1.29 is 19.1 Å². The van der Waals surface area contributed by atoms with E-state index in [-0.39, 0.29) is 12.6 Å². The summed E-state index contributed by atoms with van der Waals surface area (Å²) in [5.74, 6) is 1.20. The van der Waals surface area contributed by atoms with Gasteiger partial charge < -0.3 is 14.4 Å². The Morgan fingerprint density at radius 2 is 1.77 bits per heavy atom. The first-order valence-electron chi connectivity index (χ1n) is 12.5. The molecule has 0 aliphatic carbocycles. The molecule has 0 spiro atoms. The molecule has 35 heavy (non-hydrogen) atoms. The molecule has 1 atom stereocenters. The maximum Gasteiger partial charge on any atom is 0.340 e. The second kappa shape index (κ2) is 14.3. The summed E-state index contributed by atoms with van der Waals surface area (Å²) in [7, 11) is 1.68. The number of ether oxygens (including phenoxy) is 2. The normalized spacial score (nSPS) is 15.6. The van der Waals surface area contributed by atoms with Gasteiger partial charge in [-0.25, -0.2) is 14.5 Å². The van der Waals surface area contributed by atoms with Crippen molar-refractivity contribution in [1.29, 1.82) is 0 Å². The molecular formula is C25H36N4O4S2. The highest BCUT2D eigenvalue weighted by Crippen LogP contribution is 2.33. The van der Waals surface area contributed by atoms with Crippen LogP contribution < -0.4 is 9.64 Å². The summed E-state index contributed by atoms with van der Waals surface area (Å²) in [4.78, 5) is 28.5. The Balaban J connectivity index is 1.55. The monoisotopic (exact) mass is 520 g/mol. The summed E-state index contributed by atoms with van der Waals surface area (Å²) < 4.78 is 12.3. The number of likely N-dealkylation sites (N-methyl/N-ethyl adjacent to an activating group) is 1. The number of unbranched alkanes of at least 4 members (excludes halogenated alkanes) is 6. The fourth-order valence-corrected chi connectivity index (χ4v) is 5.58. The maximum atomic E-state index is 12.8. The van der Waals surface area contributed by atoms with Crippen molar-refractivity contribution in [3.05, 3.63) is 29.8 Å². The summed E-state index contributed by atoms with van der Waals surface area (Å²) in [6.07, 6.45) is 8.57. The van der Waals surface area contributed by atoms with Gasteiger partial charge in [-0.3, -0.25) is 0 Å². The lowest BCUT2D eigenvalue weighted by atomic mass is 10.2. The molecule has 0 N–H and O–H groups in total. The highest BCUT2D eigenvalue weighted by atomic mass is 32.2. The molecule has 10 heteroatoms. The molecule has 1 aromatic heterocycles. The zero-order valence-electron chi connectivity index (χ0n) is 20.9. The fourth-order valence-electron chi connectivity index (χ4n) is 3.64. The third kappa shape index (κ3) is 8.10. The number of anilines is 1. The quantitative estimate of drug-likeness (QED) is 0.119. The minimum Gasteiger partial charge on any atom is -0.494 e. The first-order valence-corrected chi connectivity index (χ1v) is 14.3. The van der Waals surface area contributed by atoms with Crippen molar-refractivity contribution in [3.8, 4) is 5.75 Å². The first kappa shape index (κ1) is 27.3. The van der Waals surface area contributed by atoms with Crippen LogP contribution >= 0.6 is 23.1 Å². The van der Waals surface area contributed by atoms with E-state index < -0.39 is 12.2 Å². The average Bonchev–Trinajstić information content (AvgIpc) is 3.42. The summed E-state index contributed by atoms with van der Waals surface area (Å²) in [6, 6.07) is 6.66. The number of rotatable bonds is 15. The topological polar surface area (TPSA) is 84.9 Å². The molecule has 192 valence electrons. The summed E-state index contributed by atoms with van der Waals surface area (Å²) in [5, 5.41) is 8.87. The SMILES string of the molecule is CCCCCCOc1ccc(C(=O)OC2CN(C)C(=O)N2c2nnc(SCCCCCC)s2)cc1. The van der Waals surface area contributed by atoms with E-state index in [0.717, 1.165) is 35.1 Å². The molecule has 2 heterocycles. The van der Waals surface area contributed by atoms with Gasteiger partial charge in [-0.1, -0.05) is 75.5 Å². The zero-order chi connectivity index (χ0) is 25.0. The van der Waals surface area contributed by atoms with E-state index >= 15 is 0 Å². The van der Waals surface area contributed by atoms with Gasteiger partial charge in [0.05, 0.1) is 18.7 Å². The van der Waals surface area contributed by atoms with Crippen molar-refractivity contribution in [2.24, 2.45) is 0 Å². The largest absolute Gasteiger partial charge is 0.494 e. The number of hydrogen-bond donors (Lipinski definition) is 0. The Labute approximate surface area is 216 Å². The van der Waals surface area contributed by atoms with E-state index in [2.05, 4.69) is 24.0 Å². The van der Waals surface area contributed by atoms with Crippen molar-refractivity contribution >= 4 is 40.2 Å². The van der Waals surface area contributed by atoms with Gasteiger partial charge in [0.2, 0.25) is 11.4 Å². The predicted molar refractivity (Wildman–Crippen MR) is 141 cm³/mol. The number of benzene rings is 1. The highest BCUT2D eigenvalue weighted by Gasteiger charge is 2.41. The number of nitrogens with zero attached hydrogens (tertiary/aromatic N) is 4. The van der Waals surface area contributed by atoms with Crippen LogP contribution in [0.15, 0.2) is 28.6 Å². The number of thioether (sulfide) groups is 1. The number of amides is 2. The molecule has 8 nitrogen and oxygen atoms in total. The van der Waals surface area contributed by atoms with Crippen LogP contribution in [0.5, 0.6) is 5.75 Å². The summed E-state index contributed by atoms with van der Waals surface area (Å²) in [6.45, 7) is 5.30. The number of hydrogen-bond acceptors (Lipinski definition) is 8. The Hall–Kier alpha value is -2.33. The fraction of sp³-hybridized carbons (Fsp3) is 0.600. The molecule has 1 saturated heterocycles. The van der Waals surface area contributed by atoms with Crippen LogP contribution in [0.1, 0.15) is 75.6 Å². The lowest BCUT2D eigenvalue weighted by molar-refractivity contribution is 0.0331. The molecule has 3 rings (SSSR count). The van der Waals surface area contributed by atoms with Crippen molar-refractivity contribution in [2.75, 3.05) is 30.9 Å². The first-order chi connectivity index (χ1) is 17.0. The van der Waals surface area contributed by atoms with E-state index in [0.29, 0.717) is 17.3 Å². The number of carbonyl (C=O) groups is 2. The molecule has 1 aliphatic rings.